The maximum absolute atomic E-state index is 4.18. The van der Waals surface area contributed by atoms with E-state index in [2.05, 4.69) is 53.4 Å². The monoisotopic (exact) mass is 290 g/mol. The van der Waals surface area contributed by atoms with Crippen LogP contribution in [0.15, 0.2) is 30.6 Å². The van der Waals surface area contributed by atoms with Gasteiger partial charge in [-0.05, 0) is 30.7 Å². The molecule has 1 aromatic carbocycles. The molecule has 1 aromatic heterocycles. The van der Waals surface area contributed by atoms with Crippen molar-refractivity contribution in [2.75, 3.05) is 16.8 Å². The molecule has 0 bridgehead atoms. The zero-order chi connectivity index (χ0) is 14.4. The van der Waals surface area contributed by atoms with E-state index < -0.39 is 0 Å². The molecule has 0 saturated heterocycles. The fraction of sp³-hybridized carbons (Fsp3) is 0.467. The molecule has 0 amide bonds. The van der Waals surface area contributed by atoms with Crippen LogP contribution in [-0.4, -0.2) is 32.7 Å². The SMILES string of the molecule is CC(C)CSCC(C)Nc1cccc(-c2ncn[nH]2)c1. The van der Waals surface area contributed by atoms with Crippen molar-refractivity contribution >= 4 is 17.4 Å². The van der Waals surface area contributed by atoms with Gasteiger partial charge in [0.2, 0.25) is 0 Å². The summed E-state index contributed by atoms with van der Waals surface area (Å²) < 4.78 is 0. The highest BCUT2D eigenvalue weighted by Gasteiger charge is 2.05. The second-order valence-corrected chi connectivity index (χ2v) is 6.47. The van der Waals surface area contributed by atoms with E-state index in [4.69, 9.17) is 0 Å². The van der Waals surface area contributed by atoms with Gasteiger partial charge in [0.1, 0.15) is 6.33 Å². The molecule has 0 saturated carbocycles. The summed E-state index contributed by atoms with van der Waals surface area (Å²) >= 11 is 2.00. The first-order chi connectivity index (χ1) is 9.65. The van der Waals surface area contributed by atoms with Crippen LogP contribution < -0.4 is 5.32 Å². The number of anilines is 1. The molecule has 0 radical (unpaired) electrons. The molecule has 0 spiro atoms. The van der Waals surface area contributed by atoms with Crippen LogP contribution in [0.4, 0.5) is 5.69 Å². The van der Waals surface area contributed by atoms with Crippen LogP contribution in [0.5, 0.6) is 0 Å². The average molecular weight is 290 g/mol. The van der Waals surface area contributed by atoms with Gasteiger partial charge >= 0.3 is 0 Å². The smallest absolute Gasteiger partial charge is 0.155 e. The number of benzene rings is 1. The molecule has 0 aliphatic heterocycles. The molecule has 5 heteroatoms. The Hall–Kier alpha value is -1.49. The van der Waals surface area contributed by atoms with Gasteiger partial charge < -0.3 is 5.32 Å². The normalized spacial score (nSPS) is 12.6. The van der Waals surface area contributed by atoms with Crippen molar-refractivity contribution in [2.24, 2.45) is 5.92 Å². The Morgan fingerprint density at radius 2 is 2.10 bits per heavy atom. The number of rotatable bonds is 7. The number of nitrogens with zero attached hydrogens (tertiary/aromatic N) is 2. The molecule has 20 heavy (non-hydrogen) atoms. The lowest BCUT2D eigenvalue weighted by Gasteiger charge is -2.16. The lowest BCUT2D eigenvalue weighted by Crippen LogP contribution is -2.18. The van der Waals surface area contributed by atoms with Gasteiger partial charge in [-0.25, -0.2) is 4.98 Å². The molecule has 0 aliphatic carbocycles. The highest BCUT2D eigenvalue weighted by atomic mass is 32.2. The van der Waals surface area contributed by atoms with Crippen molar-refractivity contribution in [1.82, 2.24) is 15.2 Å². The minimum absolute atomic E-state index is 0.448. The molecule has 0 fully saturated rings. The van der Waals surface area contributed by atoms with Crippen molar-refractivity contribution in [2.45, 2.75) is 26.8 Å². The van der Waals surface area contributed by atoms with Gasteiger partial charge in [0, 0.05) is 23.0 Å². The first-order valence-electron chi connectivity index (χ1n) is 6.95. The zero-order valence-corrected chi connectivity index (χ0v) is 13.1. The molecular formula is C15H22N4S. The van der Waals surface area contributed by atoms with Crippen LogP contribution in [0.1, 0.15) is 20.8 Å². The second-order valence-electron chi connectivity index (χ2n) is 5.39. The van der Waals surface area contributed by atoms with Gasteiger partial charge in [0.05, 0.1) is 0 Å². The molecule has 0 aliphatic rings. The van der Waals surface area contributed by atoms with Gasteiger partial charge in [0.25, 0.3) is 0 Å². The van der Waals surface area contributed by atoms with Gasteiger partial charge in [-0.1, -0.05) is 26.0 Å². The van der Waals surface area contributed by atoms with Crippen molar-refractivity contribution in [3.8, 4) is 11.4 Å². The quantitative estimate of drug-likeness (QED) is 0.817. The first-order valence-corrected chi connectivity index (χ1v) is 8.10. The predicted molar refractivity (Wildman–Crippen MR) is 87.1 cm³/mol. The number of aromatic nitrogens is 3. The number of nitrogens with one attached hydrogen (secondary N) is 2. The number of aromatic amines is 1. The molecule has 2 aromatic rings. The largest absolute Gasteiger partial charge is 0.382 e. The summed E-state index contributed by atoms with van der Waals surface area (Å²) in [6.45, 7) is 6.73. The average Bonchev–Trinajstić information content (AvgIpc) is 2.92. The minimum Gasteiger partial charge on any atom is -0.382 e. The maximum atomic E-state index is 4.18. The molecule has 4 nitrogen and oxygen atoms in total. The van der Waals surface area contributed by atoms with E-state index in [1.807, 2.05) is 23.9 Å². The molecule has 1 unspecified atom stereocenters. The highest BCUT2D eigenvalue weighted by Crippen LogP contribution is 2.20. The fourth-order valence-electron chi connectivity index (χ4n) is 1.91. The van der Waals surface area contributed by atoms with Crippen LogP contribution in [-0.2, 0) is 0 Å². The molecule has 1 heterocycles. The Kier molecular flexibility index (Phi) is 5.47. The van der Waals surface area contributed by atoms with Crippen LogP contribution >= 0.6 is 11.8 Å². The highest BCUT2D eigenvalue weighted by molar-refractivity contribution is 7.99. The molecule has 2 N–H and O–H groups in total. The van der Waals surface area contributed by atoms with E-state index >= 15 is 0 Å². The van der Waals surface area contributed by atoms with E-state index in [9.17, 15) is 0 Å². The third-order valence-corrected chi connectivity index (χ3v) is 4.42. The molecular weight excluding hydrogens is 268 g/mol. The third kappa shape index (κ3) is 4.56. The molecule has 1 atom stereocenters. The van der Waals surface area contributed by atoms with E-state index in [0.717, 1.165) is 28.7 Å². The van der Waals surface area contributed by atoms with Gasteiger partial charge in [-0.15, -0.1) is 0 Å². The van der Waals surface area contributed by atoms with Gasteiger partial charge in [0.15, 0.2) is 5.82 Å². The summed E-state index contributed by atoms with van der Waals surface area (Å²) in [7, 11) is 0. The third-order valence-electron chi connectivity index (χ3n) is 2.78. The standard InChI is InChI=1S/C15H22N4S/c1-11(2)8-20-9-12(3)18-14-6-4-5-13(7-14)15-16-10-17-19-15/h4-7,10-12,18H,8-9H2,1-3H3,(H,16,17,19). The van der Waals surface area contributed by atoms with Gasteiger partial charge in [-0.3, -0.25) is 5.10 Å². The Morgan fingerprint density at radius 3 is 2.80 bits per heavy atom. The van der Waals surface area contributed by atoms with Crippen LogP contribution in [0.3, 0.4) is 0 Å². The van der Waals surface area contributed by atoms with Crippen molar-refractivity contribution in [3.05, 3.63) is 30.6 Å². The summed E-state index contributed by atoms with van der Waals surface area (Å²) in [4.78, 5) is 4.18. The Balaban J connectivity index is 1.91. The summed E-state index contributed by atoms with van der Waals surface area (Å²) in [5.74, 6) is 3.88. The fourth-order valence-corrected chi connectivity index (χ4v) is 2.95. The van der Waals surface area contributed by atoms with Crippen molar-refractivity contribution < 1.29 is 0 Å². The zero-order valence-electron chi connectivity index (χ0n) is 12.3. The van der Waals surface area contributed by atoms with E-state index in [1.54, 1.807) is 0 Å². The summed E-state index contributed by atoms with van der Waals surface area (Å²) in [6.07, 6.45) is 1.53. The van der Waals surface area contributed by atoms with Gasteiger partial charge in [-0.2, -0.15) is 16.9 Å². The lowest BCUT2D eigenvalue weighted by atomic mass is 10.2. The van der Waals surface area contributed by atoms with Crippen molar-refractivity contribution in [3.63, 3.8) is 0 Å². The van der Waals surface area contributed by atoms with E-state index in [-0.39, 0.29) is 0 Å². The topological polar surface area (TPSA) is 53.6 Å². The molecule has 108 valence electrons. The van der Waals surface area contributed by atoms with Crippen molar-refractivity contribution in [1.29, 1.82) is 0 Å². The summed E-state index contributed by atoms with van der Waals surface area (Å²) in [5, 5.41) is 10.3. The summed E-state index contributed by atoms with van der Waals surface area (Å²) in [5.41, 5.74) is 2.17. The van der Waals surface area contributed by atoms with E-state index in [1.165, 1.54) is 12.1 Å². The Labute approximate surface area is 124 Å². The van der Waals surface area contributed by atoms with E-state index in [0.29, 0.717) is 6.04 Å². The maximum Gasteiger partial charge on any atom is 0.155 e. The van der Waals surface area contributed by atoms with Crippen LogP contribution in [0.25, 0.3) is 11.4 Å². The number of hydrogen-bond acceptors (Lipinski definition) is 4. The Morgan fingerprint density at radius 1 is 1.25 bits per heavy atom. The van der Waals surface area contributed by atoms with Crippen LogP contribution in [0.2, 0.25) is 0 Å². The Bertz CT molecular complexity index is 510. The van der Waals surface area contributed by atoms with Crippen LogP contribution in [0, 0.1) is 5.92 Å². The number of hydrogen-bond donors (Lipinski definition) is 2. The molecule has 2 rings (SSSR count). The lowest BCUT2D eigenvalue weighted by molar-refractivity contribution is 0.748. The summed E-state index contributed by atoms with van der Waals surface area (Å²) in [6, 6.07) is 8.70. The first kappa shape index (κ1) is 14.9. The predicted octanol–water partition coefficient (Wildman–Crippen LogP) is 3.66. The number of thioether (sulfide) groups is 1. The number of H-pyrrole nitrogens is 1. The second kappa shape index (κ2) is 7.33. The minimum atomic E-state index is 0.448.